The predicted octanol–water partition coefficient (Wildman–Crippen LogP) is 3.92. The molecule has 1 saturated heterocycles. The molecule has 34 heavy (non-hydrogen) atoms. The van der Waals surface area contributed by atoms with Crippen molar-refractivity contribution in [2.75, 3.05) is 20.1 Å². The Kier molecular flexibility index (Phi) is 6.52. The number of carbonyl (C=O) groups is 1. The Hall–Kier alpha value is -2.07. The van der Waals surface area contributed by atoms with Gasteiger partial charge >= 0.3 is 0 Å². The van der Waals surface area contributed by atoms with E-state index in [2.05, 4.69) is 9.88 Å². The molecule has 1 aromatic carbocycles. The number of aromatic nitrogens is 2. The van der Waals surface area contributed by atoms with Crippen LogP contribution in [0.2, 0.25) is 0 Å². The molecule has 10 heteroatoms. The van der Waals surface area contributed by atoms with E-state index in [1.54, 1.807) is 25.2 Å². The molecule has 1 saturated carbocycles. The molecule has 1 aromatic heterocycles. The number of rotatable bonds is 5. The van der Waals surface area contributed by atoms with Gasteiger partial charge in [-0.1, -0.05) is 20.8 Å². The highest BCUT2D eigenvalue weighted by atomic mass is 32.2. The van der Waals surface area contributed by atoms with Gasteiger partial charge in [-0.15, -0.1) is 0 Å². The Morgan fingerprint density at radius 2 is 1.88 bits per heavy atom. The normalized spacial score (nSPS) is 22.4. The minimum Gasteiger partial charge on any atom is -0.359 e. The number of hydrogen-bond acceptors (Lipinski definition) is 4. The monoisotopic (exact) mass is 496 g/mol. The molecule has 7 nitrogen and oxygen atoms in total. The first-order chi connectivity index (χ1) is 15.8. The smallest absolute Gasteiger partial charge is 0.248 e. The van der Waals surface area contributed by atoms with E-state index in [0.717, 1.165) is 11.3 Å². The number of nitrogens with zero attached hydrogens (tertiary/aromatic N) is 3. The van der Waals surface area contributed by atoms with E-state index in [9.17, 15) is 22.0 Å². The SMILES string of the molecule is CNC(=O)[C@H]1CCN(S(=O)(=O)c2ccc3c(c2)nc(C(C)(C)C)n3CC2CCC(F)(F)CC2)C1. The summed E-state index contributed by atoms with van der Waals surface area (Å²) in [7, 11) is -2.21. The predicted molar refractivity (Wildman–Crippen MR) is 126 cm³/mol. The molecule has 1 N–H and O–H groups in total. The quantitative estimate of drug-likeness (QED) is 0.680. The second-order valence-electron chi connectivity index (χ2n) is 10.7. The summed E-state index contributed by atoms with van der Waals surface area (Å²) >= 11 is 0. The molecular weight excluding hydrogens is 462 g/mol. The zero-order valence-electron chi connectivity index (χ0n) is 20.3. The molecule has 1 atom stereocenters. The minimum atomic E-state index is -3.76. The Labute approximate surface area is 200 Å². The molecule has 0 radical (unpaired) electrons. The van der Waals surface area contributed by atoms with Crippen LogP contribution in [0.5, 0.6) is 0 Å². The van der Waals surface area contributed by atoms with Gasteiger partial charge in [-0.2, -0.15) is 4.31 Å². The average Bonchev–Trinajstić information content (AvgIpc) is 3.40. The second kappa shape index (κ2) is 8.86. The maximum atomic E-state index is 13.6. The highest BCUT2D eigenvalue weighted by molar-refractivity contribution is 7.89. The summed E-state index contributed by atoms with van der Waals surface area (Å²) in [6.45, 7) is 7.17. The number of nitrogens with one attached hydrogen (secondary N) is 1. The van der Waals surface area contributed by atoms with Gasteiger partial charge in [-0.05, 0) is 43.4 Å². The molecule has 2 aliphatic rings. The van der Waals surface area contributed by atoms with Crippen molar-refractivity contribution in [3.63, 3.8) is 0 Å². The van der Waals surface area contributed by atoms with Crippen molar-refractivity contribution in [2.45, 2.75) is 75.7 Å². The number of fused-ring (bicyclic) bond motifs is 1. The van der Waals surface area contributed by atoms with Gasteiger partial charge < -0.3 is 9.88 Å². The first-order valence-corrected chi connectivity index (χ1v) is 13.4. The van der Waals surface area contributed by atoms with E-state index < -0.39 is 15.9 Å². The molecule has 1 amide bonds. The number of imidazole rings is 1. The fourth-order valence-corrected chi connectivity index (χ4v) is 6.60. The Bertz CT molecular complexity index is 1180. The van der Waals surface area contributed by atoms with Crippen LogP contribution in [-0.4, -0.2) is 54.2 Å². The first kappa shape index (κ1) is 25.0. The summed E-state index contributed by atoms with van der Waals surface area (Å²) in [4.78, 5) is 16.9. The largest absolute Gasteiger partial charge is 0.359 e. The maximum Gasteiger partial charge on any atom is 0.248 e. The molecule has 0 unspecified atom stereocenters. The summed E-state index contributed by atoms with van der Waals surface area (Å²) in [5, 5.41) is 2.59. The Morgan fingerprint density at radius 3 is 2.50 bits per heavy atom. The van der Waals surface area contributed by atoms with E-state index in [4.69, 9.17) is 4.98 Å². The van der Waals surface area contributed by atoms with Gasteiger partial charge in [0, 0.05) is 44.9 Å². The molecule has 4 rings (SSSR count). The van der Waals surface area contributed by atoms with Crippen LogP contribution in [0, 0.1) is 11.8 Å². The Morgan fingerprint density at radius 1 is 1.21 bits per heavy atom. The summed E-state index contributed by atoms with van der Waals surface area (Å²) in [6.07, 6.45) is 1.23. The van der Waals surface area contributed by atoms with Crippen LogP contribution in [0.15, 0.2) is 23.1 Å². The van der Waals surface area contributed by atoms with Crippen LogP contribution in [0.3, 0.4) is 0 Å². The second-order valence-corrected chi connectivity index (χ2v) is 12.6. The molecule has 1 aliphatic heterocycles. The standard InChI is InChI=1S/C24H34F2N4O3S/c1-23(2,3)22-28-19-13-18(34(32,33)29-12-9-17(15-29)21(31)27-4)5-6-20(19)30(22)14-16-7-10-24(25,26)11-8-16/h5-6,13,16-17H,7-12,14-15H2,1-4H3,(H,27,31)/t17-/m0/s1. The lowest BCUT2D eigenvalue weighted by molar-refractivity contribution is -0.124. The van der Waals surface area contributed by atoms with Crippen molar-refractivity contribution in [3.8, 4) is 0 Å². The highest BCUT2D eigenvalue weighted by Gasteiger charge is 2.37. The molecule has 0 bridgehead atoms. The summed E-state index contributed by atoms with van der Waals surface area (Å²) in [6, 6.07) is 4.96. The third-order valence-electron chi connectivity index (χ3n) is 7.07. The molecule has 2 aromatic rings. The fourth-order valence-electron chi connectivity index (χ4n) is 5.08. The maximum absolute atomic E-state index is 13.6. The van der Waals surface area contributed by atoms with Crippen LogP contribution in [0.25, 0.3) is 11.0 Å². The van der Waals surface area contributed by atoms with E-state index in [-0.39, 0.29) is 47.4 Å². The van der Waals surface area contributed by atoms with Crippen molar-refractivity contribution in [3.05, 3.63) is 24.0 Å². The van der Waals surface area contributed by atoms with Gasteiger partial charge in [0.15, 0.2) is 0 Å². The first-order valence-electron chi connectivity index (χ1n) is 11.9. The topological polar surface area (TPSA) is 84.3 Å². The zero-order valence-corrected chi connectivity index (χ0v) is 21.1. The van der Waals surface area contributed by atoms with Crippen LogP contribution in [0.1, 0.15) is 58.7 Å². The molecular formula is C24H34F2N4O3S. The lowest BCUT2D eigenvalue weighted by Gasteiger charge is -2.30. The summed E-state index contributed by atoms with van der Waals surface area (Å²) in [5.74, 6) is -2.13. The highest BCUT2D eigenvalue weighted by Crippen LogP contribution is 2.38. The molecule has 1 aliphatic carbocycles. The van der Waals surface area contributed by atoms with E-state index in [1.807, 2.05) is 20.8 Å². The van der Waals surface area contributed by atoms with Gasteiger partial charge in [-0.25, -0.2) is 22.2 Å². The third-order valence-corrected chi connectivity index (χ3v) is 8.94. The molecule has 188 valence electrons. The zero-order chi connectivity index (χ0) is 24.9. The molecule has 0 spiro atoms. The van der Waals surface area contributed by atoms with E-state index >= 15 is 0 Å². The van der Waals surface area contributed by atoms with Gasteiger partial charge in [0.1, 0.15) is 5.82 Å². The number of amides is 1. The van der Waals surface area contributed by atoms with Crippen LogP contribution < -0.4 is 5.32 Å². The van der Waals surface area contributed by atoms with Crippen LogP contribution >= 0.6 is 0 Å². The van der Waals surface area contributed by atoms with Crippen LogP contribution in [-0.2, 0) is 26.8 Å². The van der Waals surface area contributed by atoms with Crippen molar-refractivity contribution >= 4 is 27.0 Å². The fraction of sp³-hybridized carbons (Fsp3) is 0.667. The third kappa shape index (κ3) is 4.84. The number of carbonyl (C=O) groups excluding carboxylic acids is 1. The van der Waals surface area contributed by atoms with Crippen molar-refractivity contribution in [2.24, 2.45) is 11.8 Å². The van der Waals surface area contributed by atoms with Gasteiger partial charge in [0.25, 0.3) is 0 Å². The lowest BCUT2D eigenvalue weighted by atomic mass is 9.86. The summed E-state index contributed by atoms with van der Waals surface area (Å²) < 4.78 is 57.3. The van der Waals surface area contributed by atoms with E-state index in [1.165, 1.54) is 4.31 Å². The van der Waals surface area contributed by atoms with Gasteiger partial charge in [-0.3, -0.25) is 4.79 Å². The number of benzene rings is 1. The van der Waals surface area contributed by atoms with Gasteiger partial charge in [0.2, 0.25) is 21.9 Å². The summed E-state index contributed by atoms with van der Waals surface area (Å²) in [5.41, 5.74) is 1.09. The average molecular weight is 497 g/mol. The molecule has 2 heterocycles. The number of sulfonamides is 1. The minimum absolute atomic E-state index is 0.0928. The van der Waals surface area contributed by atoms with Gasteiger partial charge in [0.05, 0.1) is 21.8 Å². The lowest BCUT2D eigenvalue weighted by Crippen LogP contribution is -2.33. The van der Waals surface area contributed by atoms with Crippen molar-refractivity contribution in [1.82, 2.24) is 19.2 Å². The van der Waals surface area contributed by atoms with Crippen molar-refractivity contribution < 1.29 is 22.0 Å². The van der Waals surface area contributed by atoms with Crippen molar-refractivity contribution in [1.29, 1.82) is 0 Å². The Balaban J connectivity index is 1.65. The number of halogens is 2. The van der Waals surface area contributed by atoms with Crippen LogP contribution in [0.4, 0.5) is 8.78 Å². The molecule has 2 fully saturated rings. The number of alkyl halides is 2. The van der Waals surface area contributed by atoms with E-state index in [0.29, 0.717) is 37.9 Å². The number of hydrogen-bond donors (Lipinski definition) is 1.